The molecule has 3 heterocycles. The maximum Gasteiger partial charge on any atom is 0.142 e. The number of rotatable bonds is 2. The number of fused-ring (bicyclic) bond motifs is 1. The average molecular weight is 398 g/mol. The highest BCUT2D eigenvalue weighted by Gasteiger charge is 2.20. The summed E-state index contributed by atoms with van der Waals surface area (Å²) >= 11 is 0. The summed E-state index contributed by atoms with van der Waals surface area (Å²) in [5, 5.41) is 0. The standard InChI is InChI=1S/C18H27N3.C7H12O/c1-15-14-20(2)13-10-16-8-9-17(19-18(15)16)21-11-6-4-3-5-7-12-21;1-7(2,3)5-4-6-8/h3-4,8-9,15H,5-7,10-14H2,1-2H3;4-6H,1-3H3/b4-3-;5-4-/t15-;/m1./s1. The summed E-state index contributed by atoms with van der Waals surface area (Å²) in [4.78, 5) is 19.7. The Balaban J connectivity index is 0.000000321. The van der Waals surface area contributed by atoms with Gasteiger partial charge in [0.05, 0.1) is 5.69 Å². The Hall–Kier alpha value is -1.94. The van der Waals surface area contributed by atoms with Crippen molar-refractivity contribution < 1.29 is 4.79 Å². The molecule has 0 N–H and O–H groups in total. The number of hydrogen-bond donors (Lipinski definition) is 0. The van der Waals surface area contributed by atoms with Crippen molar-refractivity contribution in [3.8, 4) is 0 Å². The van der Waals surface area contributed by atoms with Gasteiger partial charge in [-0.1, -0.05) is 52.0 Å². The first kappa shape index (κ1) is 23.3. The van der Waals surface area contributed by atoms with Gasteiger partial charge in [0.2, 0.25) is 0 Å². The zero-order chi connectivity index (χ0) is 21.3. The highest BCUT2D eigenvalue weighted by atomic mass is 16.1. The molecular formula is C25H39N3O. The quantitative estimate of drug-likeness (QED) is 0.399. The largest absolute Gasteiger partial charge is 0.356 e. The molecule has 0 radical (unpaired) electrons. The maximum absolute atomic E-state index is 9.76. The number of likely N-dealkylation sites (N-methyl/N-ethyl adjacent to an activating group) is 1. The van der Waals surface area contributed by atoms with Crippen molar-refractivity contribution >= 4 is 12.1 Å². The number of pyridine rings is 1. The third-order valence-corrected chi connectivity index (χ3v) is 5.34. The average Bonchev–Trinajstić information content (AvgIpc) is 2.78. The molecule has 4 heteroatoms. The van der Waals surface area contributed by atoms with Crippen LogP contribution in [0.2, 0.25) is 0 Å². The molecule has 0 unspecified atom stereocenters. The van der Waals surface area contributed by atoms with Crippen LogP contribution in [0.3, 0.4) is 0 Å². The Bertz CT molecular complexity index is 703. The highest BCUT2D eigenvalue weighted by Crippen LogP contribution is 2.26. The lowest BCUT2D eigenvalue weighted by atomic mass is 9.97. The van der Waals surface area contributed by atoms with Gasteiger partial charge in [0.1, 0.15) is 12.1 Å². The molecule has 0 fully saturated rings. The third-order valence-electron chi connectivity index (χ3n) is 5.34. The van der Waals surface area contributed by atoms with E-state index in [0.29, 0.717) is 5.92 Å². The predicted octanol–water partition coefficient (Wildman–Crippen LogP) is 5.01. The van der Waals surface area contributed by atoms with E-state index in [9.17, 15) is 4.79 Å². The molecule has 1 aromatic rings. The van der Waals surface area contributed by atoms with Gasteiger partial charge in [-0.3, -0.25) is 4.79 Å². The molecule has 3 rings (SSSR count). The van der Waals surface area contributed by atoms with E-state index in [-0.39, 0.29) is 5.41 Å². The maximum atomic E-state index is 9.76. The van der Waals surface area contributed by atoms with Gasteiger partial charge >= 0.3 is 0 Å². The van der Waals surface area contributed by atoms with Crippen LogP contribution in [0.1, 0.15) is 64.1 Å². The lowest BCUT2D eigenvalue weighted by Gasteiger charge is -2.26. The van der Waals surface area contributed by atoms with Crippen LogP contribution in [0, 0.1) is 5.41 Å². The lowest BCUT2D eigenvalue weighted by molar-refractivity contribution is -0.104. The minimum absolute atomic E-state index is 0.140. The number of anilines is 1. The van der Waals surface area contributed by atoms with Gasteiger partial charge in [-0.15, -0.1) is 0 Å². The van der Waals surface area contributed by atoms with E-state index in [1.807, 2.05) is 26.8 Å². The smallest absolute Gasteiger partial charge is 0.142 e. The number of carbonyl (C=O) groups excluding carboxylic acids is 1. The van der Waals surface area contributed by atoms with Crippen LogP contribution in [-0.2, 0) is 11.2 Å². The molecule has 2 aliphatic heterocycles. The molecule has 0 bridgehead atoms. The van der Waals surface area contributed by atoms with E-state index in [0.717, 1.165) is 45.3 Å². The molecule has 1 atom stereocenters. The fourth-order valence-electron chi connectivity index (χ4n) is 3.80. The molecule has 160 valence electrons. The van der Waals surface area contributed by atoms with Gasteiger partial charge in [0, 0.05) is 32.1 Å². The number of aromatic nitrogens is 1. The molecule has 0 aromatic carbocycles. The van der Waals surface area contributed by atoms with E-state index >= 15 is 0 Å². The molecule has 4 nitrogen and oxygen atoms in total. The summed E-state index contributed by atoms with van der Waals surface area (Å²) < 4.78 is 0. The Labute approximate surface area is 177 Å². The van der Waals surface area contributed by atoms with Crippen molar-refractivity contribution in [1.82, 2.24) is 9.88 Å². The number of carbonyl (C=O) groups is 1. The topological polar surface area (TPSA) is 36.4 Å². The summed E-state index contributed by atoms with van der Waals surface area (Å²) in [5.41, 5.74) is 2.91. The molecule has 0 spiro atoms. The van der Waals surface area contributed by atoms with Crippen molar-refractivity contribution in [2.24, 2.45) is 5.41 Å². The molecule has 0 saturated carbocycles. The fraction of sp³-hybridized carbons (Fsp3) is 0.600. The molecule has 29 heavy (non-hydrogen) atoms. The van der Waals surface area contributed by atoms with Crippen LogP contribution in [0.5, 0.6) is 0 Å². The van der Waals surface area contributed by atoms with Gasteiger partial charge in [-0.05, 0) is 55.9 Å². The molecule has 0 saturated heterocycles. The van der Waals surface area contributed by atoms with Gasteiger partial charge in [0.25, 0.3) is 0 Å². The van der Waals surface area contributed by atoms with Crippen LogP contribution in [0.4, 0.5) is 5.82 Å². The Morgan fingerprint density at radius 3 is 2.55 bits per heavy atom. The minimum atomic E-state index is 0.140. The van der Waals surface area contributed by atoms with Crippen molar-refractivity contribution in [2.75, 3.05) is 38.1 Å². The van der Waals surface area contributed by atoms with Crippen LogP contribution in [0.15, 0.2) is 36.4 Å². The number of hydrogen-bond acceptors (Lipinski definition) is 4. The SMILES string of the molecule is CC(C)(C)/C=C\C=O.C[C@@H]1CN(C)CCc2ccc(N3CC/C=C\CCC3)nc21. The van der Waals surface area contributed by atoms with Crippen molar-refractivity contribution in [1.29, 1.82) is 0 Å². The van der Waals surface area contributed by atoms with Crippen LogP contribution in [0.25, 0.3) is 0 Å². The Morgan fingerprint density at radius 2 is 1.86 bits per heavy atom. The highest BCUT2D eigenvalue weighted by molar-refractivity contribution is 5.64. The number of allylic oxidation sites excluding steroid dienone is 3. The molecule has 1 aromatic heterocycles. The minimum Gasteiger partial charge on any atom is -0.356 e. The first-order valence-electron chi connectivity index (χ1n) is 11.0. The lowest BCUT2D eigenvalue weighted by Crippen LogP contribution is -2.27. The summed E-state index contributed by atoms with van der Waals surface area (Å²) in [5.74, 6) is 1.71. The van der Waals surface area contributed by atoms with Crippen LogP contribution >= 0.6 is 0 Å². The van der Waals surface area contributed by atoms with Gasteiger partial charge < -0.3 is 9.80 Å². The van der Waals surface area contributed by atoms with Crippen LogP contribution in [-0.4, -0.2) is 49.4 Å². The number of aldehydes is 1. The monoisotopic (exact) mass is 397 g/mol. The van der Waals surface area contributed by atoms with E-state index < -0.39 is 0 Å². The normalized spacial score (nSPS) is 22.0. The second-order valence-corrected chi connectivity index (χ2v) is 9.38. The molecule has 0 aliphatic carbocycles. The third kappa shape index (κ3) is 8.14. The van der Waals surface area contributed by atoms with Gasteiger partial charge in [0.15, 0.2) is 0 Å². The summed E-state index contributed by atoms with van der Waals surface area (Å²) in [6.07, 6.45) is 13.5. The van der Waals surface area contributed by atoms with E-state index in [1.54, 1.807) is 0 Å². The first-order valence-corrected chi connectivity index (χ1v) is 11.0. The Morgan fingerprint density at radius 1 is 1.10 bits per heavy atom. The fourth-order valence-corrected chi connectivity index (χ4v) is 3.80. The van der Waals surface area contributed by atoms with Crippen molar-refractivity contribution in [3.63, 3.8) is 0 Å². The zero-order valence-corrected chi connectivity index (χ0v) is 19.0. The van der Waals surface area contributed by atoms with Crippen molar-refractivity contribution in [3.05, 3.63) is 47.7 Å². The molecule has 2 aliphatic rings. The van der Waals surface area contributed by atoms with Gasteiger partial charge in [-0.25, -0.2) is 4.98 Å². The van der Waals surface area contributed by atoms with E-state index in [4.69, 9.17) is 4.98 Å². The van der Waals surface area contributed by atoms with Crippen LogP contribution < -0.4 is 4.90 Å². The van der Waals surface area contributed by atoms with Crippen molar-refractivity contribution in [2.45, 2.75) is 59.3 Å². The summed E-state index contributed by atoms with van der Waals surface area (Å²) in [7, 11) is 2.22. The molecular weight excluding hydrogens is 358 g/mol. The number of nitrogens with zero attached hydrogens (tertiary/aromatic N) is 3. The zero-order valence-electron chi connectivity index (χ0n) is 19.0. The Kier molecular flexibility index (Phi) is 9.09. The van der Waals surface area contributed by atoms with Gasteiger partial charge in [-0.2, -0.15) is 0 Å². The first-order chi connectivity index (χ1) is 13.8. The summed E-state index contributed by atoms with van der Waals surface area (Å²) in [6.45, 7) is 12.9. The molecule has 0 amide bonds. The predicted molar refractivity (Wildman–Crippen MR) is 124 cm³/mol. The van der Waals surface area contributed by atoms with E-state index in [2.05, 4.69) is 48.1 Å². The second kappa shape index (κ2) is 11.3. The summed E-state index contributed by atoms with van der Waals surface area (Å²) in [6, 6.07) is 4.56. The van der Waals surface area contributed by atoms with E-state index in [1.165, 1.54) is 36.0 Å². The second-order valence-electron chi connectivity index (χ2n) is 9.38.